The quantitative estimate of drug-likeness (QED) is 0.536. The van der Waals surface area contributed by atoms with Gasteiger partial charge in [-0.15, -0.1) is 0 Å². The molecular formula is C28H36O7S. The Morgan fingerprint density at radius 2 is 1.92 bits per heavy atom. The summed E-state index contributed by atoms with van der Waals surface area (Å²) >= 11 is 0.980. The Labute approximate surface area is 216 Å². The van der Waals surface area contributed by atoms with Crippen molar-refractivity contribution in [3.8, 4) is 0 Å². The second kappa shape index (κ2) is 8.74. The van der Waals surface area contributed by atoms with E-state index in [1.807, 2.05) is 13.8 Å². The number of rotatable bonds is 4. The smallest absolute Gasteiger partial charge is 0.319 e. The molecule has 8 atom stereocenters. The van der Waals surface area contributed by atoms with Gasteiger partial charge in [0.2, 0.25) is 5.12 Å². The molecule has 0 radical (unpaired) electrons. The third-order valence-electron chi connectivity index (χ3n) is 10.2. The minimum atomic E-state index is -1.32. The molecule has 5 aliphatic rings. The number of esters is 2. The summed E-state index contributed by atoms with van der Waals surface area (Å²) in [6.45, 7) is 8.13. The number of allylic oxidation sites excluding steroid dienone is 3. The molecule has 4 fully saturated rings. The molecule has 1 unspecified atom stereocenters. The van der Waals surface area contributed by atoms with Crippen LogP contribution in [0.25, 0.3) is 0 Å². The van der Waals surface area contributed by atoms with Crippen LogP contribution in [0.3, 0.4) is 0 Å². The molecule has 196 valence electrons. The van der Waals surface area contributed by atoms with E-state index >= 15 is 0 Å². The number of thioether (sulfide) groups is 1. The highest BCUT2D eigenvalue weighted by Crippen LogP contribution is 2.69. The van der Waals surface area contributed by atoms with Crippen molar-refractivity contribution in [3.63, 3.8) is 0 Å². The molecule has 1 aliphatic heterocycles. The Hall–Kier alpha value is -2.09. The molecule has 0 spiro atoms. The maximum Gasteiger partial charge on any atom is 0.319 e. The van der Waals surface area contributed by atoms with Gasteiger partial charge in [-0.25, -0.2) is 0 Å². The number of cyclic esters (lactones) is 1. The van der Waals surface area contributed by atoms with Crippen molar-refractivity contribution in [1.82, 2.24) is 0 Å². The van der Waals surface area contributed by atoms with Gasteiger partial charge in [0, 0.05) is 30.3 Å². The van der Waals surface area contributed by atoms with Gasteiger partial charge in [-0.2, -0.15) is 0 Å². The van der Waals surface area contributed by atoms with E-state index in [4.69, 9.17) is 9.47 Å². The van der Waals surface area contributed by atoms with Gasteiger partial charge >= 0.3 is 11.9 Å². The molecule has 0 amide bonds. The fourth-order valence-corrected chi connectivity index (χ4v) is 9.65. The largest absolute Gasteiger partial charge is 0.508 e. The Bertz CT molecular complexity index is 1080. The molecule has 0 aromatic carbocycles. The van der Waals surface area contributed by atoms with Crippen LogP contribution in [0.4, 0.5) is 0 Å². The minimum absolute atomic E-state index is 0.0274. The number of fused-ring (bicyclic) bond motifs is 5. The zero-order valence-corrected chi connectivity index (χ0v) is 22.3. The number of aliphatic hydroxyl groups is 1. The van der Waals surface area contributed by atoms with Gasteiger partial charge in [0.05, 0.1) is 12.0 Å². The van der Waals surface area contributed by atoms with Gasteiger partial charge in [0.25, 0.3) is 0 Å². The third-order valence-corrected chi connectivity index (χ3v) is 11.5. The van der Waals surface area contributed by atoms with Crippen molar-refractivity contribution in [2.45, 2.75) is 83.5 Å². The fraction of sp³-hybridized carbons (Fsp3) is 0.714. The molecule has 36 heavy (non-hydrogen) atoms. The van der Waals surface area contributed by atoms with Crippen LogP contribution < -0.4 is 0 Å². The number of aliphatic hydroxyl groups excluding tert-OH is 1. The van der Waals surface area contributed by atoms with E-state index in [2.05, 4.69) is 6.92 Å². The Kier molecular flexibility index (Phi) is 6.21. The molecule has 1 saturated heterocycles. The van der Waals surface area contributed by atoms with Crippen molar-refractivity contribution in [2.24, 2.45) is 34.5 Å². The molecular weight excluding hydrogens is 480 g/mol. The first-order chi connectivity index (χ1) is 17.0. The summed E-state index contributed by atoms with van der Waals surface area (Å²) in [6, 6.07) is 0. The maximum absolute atomic E-state index is 14.1. The topological polar surface area (TPSA) is 107 Å². The summed E-state index contributed by atoms with van der Waals surface area (Å²) in [5, 5.41) is 9.26. The first-order valence-corrected chi connectivity index (χ1v) is 14.1. The first-order valence-electron chi connectivity index (χ1n) is 13.2. The highest BCUT2D eigenvalue weighted by atomic mass is 32.2. The van der Waals surface area contributed by atoms with Crippen LogP contribution >= 0.6 is 11.8 Å². The second-order valence-electron chi connectivity index (χ2n) is 11.7. The van der Waals surface area contributed by atoms with E-state index in [1.165, 1.54) is 6.08 Å². The Balaban J connectivity index is 1.52. The fourth-order valence-electron chi connectivity index (χ4n) is 8.37. The lowest BCUT2D eigenvalue weighted by atomic mass is 9.46. The average molecular weight is 517 g/mol. The Morgan fingerprint density at radius 1 is 1.17 bits per heavy atom. The molecule has 1 heterocycles. The van der Waals surface area contributed by atoms with Gasteiger partial charge < -0.3 is 14.6 Å². The SMILES string of the molecule is CCC(=O)O[C@]1(C(=O)S[C@H]2CCOC2=O)C(C)C[C@H]2[C@@H]3CCC4=CC(O)=CC(=O)[C@]4(C)[C@H]3CC[C@@]21C. The number of ketones is 1. The lowest BCUT2D eigenvalue weighted by Crippen LogP contribution is -2.61. The van der Waals surface area contributed by atoms with Gasteiger partial charge in [-0.3, -0.25) is 19.2 Å². The van der Waals surface area contributed by atoms with Gasteiger partial charge in [-0.05, 0) is 62.9 Å². The monoisotopic (exact) mass is 516 g/mol. The van der Waals surface area contributed by atoms with Crippen LogP contribution in [-0.4, -0.2) is 45.4 Å². The van der Waals surface area contributed by atoms with Gasteiger partial charge in [-0.1, -0.05) is 38.1 Å². The van der Waals surface area contributed by atoms with Crippen LogP contribution in [0, 0.1) is 34.5 Å². The molecule has 3 saturated carbocycles. The summed E-state index contributed by atoms with van der Waals surface area (Å²) in [4.78, 5) is 52.3. The Morgan fingerprint density at radius 3 is 2.58 bits per heavy atom. The van der Waals surface area contributed by atoms with Crippen LogP contribution in [0.2, 0.25) is 0 Å². The van der Waals surface area contributed by atoms with E-state index < -0.39 is 27.7 Å². The zero-order chi connectivity index (χ0) is 26.0. The van der Waals surface area contributed by atoms with Gasteiger partial charge in [0.1, 0.15) is 11.0 Å². The van der Waals surface area contributed by atoms with E-state index in [1.54, 1.807) is 13.0 Å². The van der Waals surface area contributed by atoms with E-state index in [0.29, 0.717) is 19.4 Å². The average Bonchev–Trinajstić information content (AvgIpc) is 3.33. The molecule has 8 heteroatoms. The molecule has 5 rings (SSSR count). The number of carbonyl (C=O) groups excluding carboxylic acids is 4. The minimum Gasteiger partial charge on any atom is -0.508 e. The van der Waals surface area contributed by atoms with Crippen molar-refractivity contribution in [3.05, 3.63) is 23.5 Å². The zero-order valence-electron chi connectivity index (χ0n) is 21.5. The first kappa shape index (κ1) is 25.6. The number of ether oxygens (including phenoxy) is 2. The number of hydrogen-bond donors (Lipinski definition) is 1. The van der Waals surface area contributed by atoms with Crippen molar-refractivity contribution in [1.29, 1.82) is 0 Å². The van der Waals surface area contributed by atoms with Crippen molar-refractivity contribution < 1.29 is 33.8 Å². The van der Waals surface area contributed by atoms with Gasteiger partial charge in [0.15, 0.2) is 11.4 Å². The van der Waals surface area contributed by atoms with E-state index in [0.717, 1.165) is 43.0 Å². The third kappa shape index (κ3) is 3.38. The molecule has 7 nitrogen and oxygen atoms in total. The van der Waals surface area contributed by atoms with Crippen LogP contribution in [0.5, 0.6) is 0 Å². The van der Waals surface area contributed by atoms with Crippen LogP contribution in [-0.2, 0) is 28.7 Å². The number of carbonyl (C=O) groups is 4. The molecule has 4 aliphatic carbocycles. The predicted octanol–water partition coefficient (Wildman–Crippen LogP) is 4.69. The van der Waals surface area contributed by atoms with Crippen molar-refractivity contribution >= 4 is 34.6 Å². The van der Waals surface area contributed by atoms with Crippen LogP contribution in [0.15, 0.2) is 23.5 Å². The molecule has 0 aromatic heterocycles. The van der Waals surface area contributed by atoms with E-state index in [9.17, 15) is 24.3 Å². The maximum atomic E-state index is 14.1. The molecule has 0 aromatic rings. The normalized spacial score (nSPS) is 43.5. The summed E-state index contributed by atoms with van der Waals surface area (Å²) in [5.41, 5.74) is -1.58. The highest BCUT2D eigenvalue weighted by Gasteiger charge is 2.72. The number of hydrogen-bond acceptors (Lipinski definition) is 8. The summed E-state index contributed by atoms with van der Waals surface area (Å²) in [5.74, 6) is -0.619. The lowest BCUT2D eigenvalue weighted by molar-refractivity contribution is -0.190. The summed E-state index contributed by atoms with van der Waals surface area (Å²) in [7, 11) is 0. The molecule has 1 N–H and O–H groups in total. The summed E-state index contributed by atoms with van der Waals surface area (Å²) < 4.78 is 11.3. The van der Waals surface area contributed by atoms with Crippen LogP contribution in [0.1, 0.15) is 72.6 Å². The lowest BCUT2D eigenvalue weighted by Gasteiger charge is -2.58. The van der Waals surface area contributed by atoms with Crippen molar-refractivity contribution in [2.75, 3.05) is 6.61 Å². The summed E-state index contributed by atoms with van der Waals surface area (Å²) in [6.07, 6.45) is 7.45. The van der Waals surface area contributed by atoms with E-state index in [-0.39, 0.29) is 52.7 Å². The standard InChI is InChI=1S/C28H36O7S/c1-5-23(31)35-28(25(33)36-21-9-11-34-24(21)32)15(2)12-20-18-7-6-16-13-17(29)14-22(30)27(16,4)19(18)8-10-26(20,28)3/h13-15,18-21,29H,5-12H2,1-4H3/t15?,18-,19+,20+,21+,26+,27+,28+/m1/s1. The predicted molar refractivity (Wildman–Crippen MR) is 134 cm³/mol. The molecule has 0 bridgehead atoms. The highest BCUT2D eigenvalue weighted by molar-refractivity contribution is 8.14. The second-order valence-corrected chi connectivity index (χ2v) is 12.9.